The summed E-state index contributed by atoms with van der Waals surface area (Å²) in [5, 5.41) is 1.82. The predicted octanol–water partition coefficient (Wildman–Crippen LogP) is 4.98. The van der Waals surface area contributed by atoms with Gasteiger partial charge in [-0.3, -0.25) is 4.79 Å². The van der Waals surface area contributed by atoms with Crippen molar-refractivity contribution in [3.63, 3.8) is 0 Å². The fourth-order valence-corrected chi connectivity index (χ4v) is 3.04. The predicted molar refractivity (Wildman–Crippen MR) is 88.0 cm³/mol. The Balaban J connectivity index is 2.20. The largest absolute Gasteiger partial charge is 0.496 e. The molecule has 4 heteroatoms. The van der Waals surface area contributed by atoms with Crippen LogP contribution >= 0.6 is 15.9 Å². The molecule has 3 rings (SSSR count). The van der Waals surface area contributed by atoms with Crippen molar-refractivity contribution in [2.75, 3.05) is 7.11 Å². The van der Waals surface area contributed by atoms with E-state index in [2.05, 4.69) is 15.9 Å². The molecule has 0 aromatic heterocycles. The Bertz CT molecular complexity index is 857. The van der Waals surface area contributed by atoms with Crippen LogP contribution in [-0.4, -0.2) is 12.9 Å². The number of benzene rings is 3. The van der Waals surface area contributed by atoms with E-state index in [1.165, 1.54) is 24.3 Å². The van der Waals surface area contributed by atoms with Crippen LogP contribution in [0.15, 0.2) is 59.1 Å². The van der Waals surface area contributed by atoms with Gasteiger partial charge in [-0.1, -0.05) is 24.3 Å². The van der Waals surface area contributed by atoms with E-state index < -0.39 is 0 Å². The number of hydrogen-bond donors (Lipinski definition) is 0. The minimum absolute atomic E-state index is 0.184. The van der Waals surface area contributed by atoms with E-state index in [0.29, 0.717) is 21.3 Å². The first-order valence-corrected chi connectivity index (χ1v) is 7.46. The topological polar surface area (TPSA) is 26.3 Å². The third-order valence-corrected chi connectivity index (χ3v) is 4.37. The molecule has 2 nitrogen and oxygen atoms in total. The lowest BCUT2D eigenvalue weighted by Crippen LogP contribution is -2.04. The number of hydrogen-bond acceptors (Lipinski definition) is 2. The zero-order chi connectivity index (χ0) is 15.7. The molecule has 0 N–H and O–H groups in total. The highest BCUT2D eigenvalue weighted by Gasteiger charge is 2.17. The molecule has 0 aliphatic rings. The number of ketones is 1. The van der Waals surface area contributed by atoms with E-state index in [1.54, 1.807) is 13.2 Å². The summed E-state index contributed by atoms with van der Waals surface area (Å²) >= 11 is 3.51. The van der Waals surface area contributed by atoms with Crippen molar-refractivity contribution in [2.24, 2.45) is 0 Å². The summed E-state index contributed by atoms with van der Waals surface area (Å²) < 4.78 is 19.1. The number of halogens is 2. The lowest BCUT2D eigenvalue weighted by molar-refractivity contribution is 0.103. The van der Waals surface area contributed by atoms with Gasteiger partial charge < -0.3 is 4.74 Å². The van der Waals surface area contributed by atoms with Crippen LogP contribution in [0, 0.1) is 5.82 Å². The normalized spacial score (nSPS) is 10.7. The molecule has 3 aromatic carbocycles. The number of carbonyl (C=O) groups excluding carboxylic acids is 1. The van der Waals surface area contributed by atoms with Gasteiger partial charge in [0.2, 0.25) is 0 Å². The van der Waals surface area contributed by atoms with Crippen LogP contribution in [0.1, 0.15) is 15.9 Å². The van der Waals surface area contributed by atoms with Crippen LogP contribution in [0.25, 0.3) is 10.8 Å². The monoisotopic (exact) mass is 358 g/mol. The Labute approximate surface area is 135 Å². The van der Waals surface area contributed by atoms with Crippen molar-refractivity contribution in [1.82, 2.24) is 0 Å². The molecule has 0 aliphatic carbocycles. The van der Waals surface area contributed by atoms with Gasteiger partial charge in [0.15, 0.2) is 5.78 Å². The Kier molecular flexibility index (Phi) is 3.94. The van der Waals surface area contributed by atoms with Crippen LogP contribution in [-0.2, 0) is 0 Å². The fourth-order valence-electron chi connectivity index (χ4n) is 2.40. The molecule has 0 bridgehead atoms. The van der Waals surface area contributed by atoms with Gasteiger partial charge in [-0.15, -0.1) is 0 Å². The standard InChI is InChI=1S/C18H12BrFO2/c1-22-16-10-15(17(19)14-5-3-2-4-13(14)16)18(21)11-6-8-12(20)9-7-11/h2-10H,1H3. The summed E-state index contributed by atoms with van der Waals surface area (Å²) in [5.41, 5.74) is 0.918. The maximum absolute atomic E-state index is 13.0. The quantitative estimate of drug-likeness (QED) is 0.617. The van der Waals surface area contributed by atoms with E-state index in [0.717, 1.165) is 10.8 Å². The number of rotatable bonds is 3. The van der Waals surface area contributed by atoms with Crippen molar-refractivity contribution in [3.05, 3.63) is 76.0 Å². The van der Waals surface area contributed by atoms with E-state index in [9.17, 15) is 9.18 Å². The molecule has 0 saturated carbocycles. The second kappa shape index (κ2) is 5.89. The molecule has 0 aliphatic heterocycles. The van der Waals surface area contributed by atoms with Gasteiger partial charge in [0.05, 0.1) is 7.11 Å². The van der Waals surface area contributed by atoms with E-state index >= 15 is 0 Å². The fraction of sp³-hybridized carbons (Fsp3) is 0.0556. The van der Waals surface area contributed by atoms with Crippen molar-refractivity contribution in [2.45, 2.75) is 0 Å². The second-order valence-corrected chi connectivity index (χ2v) is 5.61. The molecule has 3 aromatic rings. The van der Waals surface area contributed by atoms with Crippen LogP contribution in [0.5, 0.6) is 5.75 Å². The molecule has 0 spiro atoms. The highest BCUT2D eigenvalue weighted by molar-refractivity contribution is 9.10. The third-order valence-electron chi connectivity index (χ3n) is 3.51. The van der Waals surface area contributed by atoms with Gasteiger partial charge >= 0.3 is 0 Å². The first-order chi connectivity index (χ1) is 10.6. The summed E-state index contributed by atoms with van der Waals surface area (Å²) in [7, 11) is 1.57. The molecule has 0 saturated heterocycles. The number of fused-ring (bicyclic) bond motifs is 1. The van der Waals surface area contributed by atoms with Gasteiger partial charge in [0.1, 0.15) is 11.6 Å². The van der Waals surface area contributed by atoms with Crippen molar-refractivity contribution < 1.29 is 13.9 Å². The van der Waals surface area contributed by atoms with Crippen molar-refractivity contribution >= 4 is 32.5 Å². The maximum Gasteiger partial charge on any atom is 0.194 e. The van der Waals surface area contributed by atoms with Crippen LogP contribution in [0.3, 0.4) is 0 Å². The number of methoxy groups -OCH3 is 1. The molecule has 0 atom stereocenters. The first-order valence-electron chi connectivity index (χ1n) is 6.67. The lowest BCUT2D eigenvalue weighted by atomic mass is 9.99. The number of ether oxygens (including phenoxy) is 1. The van der Waals surface area contributed by atoms with Crippen molar-refractivity contribution in [3.8, 4) is 5.75 Å². The molecular formula is C18H12BrFO2. The van der Waals surface area contributed by atoms with Gasteiger partial charge in [0.25, 0.3) is 0 Å². The molecule has 0 fully saturated rings. The zero-order valence-electron chi connectivity index (χ0n) is 11.8. The minimum atomic E-state index is -0.369. The molecule has 0 radical (unpaired) electrons. The SMILES string of the molecule is COc1cc(C(=O)c2ccc(F)cc2)c(Br)c2ccccc12. The number of carbonyl (C=O) groups is 1. The summed E-state index contributed by atoms with van der Waals surface area (Å²) in [6, 6.07) is 14.9. The van der Waals surface area contributed by atoms with Gasteiger partial charge in [-0.05, 0) is 46.3 Å². The van der Waals surface area contributed by atoms with Crippen LogP contribution < -0.4 is 4.74 Å². The Hall–Kier alpha value is -2.20. The van der Waals surface area contributed by atoms with Gasteiger partial charge in [-0.25, -0.2) is 4.39 Å². The Morgan fingerprint density at radius 2 is 1.68 bits per heavy atom. The van der Waals surface area contributed by atoms with Crippen molar-refractivity contribution in [1.29, 1.82) is 0 Å². The van der Waals surface area contributed by atoms with Crippen LogP contribution in [0.4, 0.5) is 4.39 Å². The molecule has 0 amide bonds. The molecule has 0 unspecified atom stereocenters. The maximum atomic E-state index is 13.0. The average Bonchev–Trinajstić information content (AvgIpc) is 2.55. The summed E-state index contributed by atoms with van der Waals surface area (Å²) in [6.07, 6.45) is 0. The minimum Gasteiger partial charge on any atom is -0.496 e. The molecule has 0 heterocycles. The van der Waals surface area contributed by atoms with Gasteiger partial charge in [0, 0.05) is 26.4 Å². The summed E-state index contributed by atoms with van der Waals surface area (Å²) in [5.74, 6) is 0.0758. The first kappa shape index (κ1) is 14.7. The Morgan fingerprint density at radius 1 is 1.05 bits per heavy atom. The van der Waals surface area contributed by atoms with Crippen LogP contribution in [0.2, 0.25) is 0 Å². The zero-order valence-corrected chi connectivity index (χ0v) is 13.4. The Morgan fingerprint density at radius 3 is 2.32 bits per heavy atom. The average molecular weight is 359 g/mol. The smallest absolute Gasteiger partial charge is 0.194 e. The summed E-state index contributed by atoms with van der Waals surface area (Å²) in [4.78, 5) is 12.7. The molecule has 22 heavy (non-hydrogen) atoms. The highest BCUT2D eigenvalue weighted by Crippen LogP contribution is 2.35. The lowest BCUT2D eigenvalue weighted by Gasteiger charge is -2.12. The second-order valence-electron chi connectivity index (χ2n) is 4.82. The third kappa shape index (κ3) is 2.50. The summed E-state index contributed by atoms with van der Waals surface area (Å²) in [6.45, 7) is 0. The van der Waals surface area contributed by atoms with Gasteiger partial charge in [-0.2, -0.15) is 0 Å². The van der Waals surface area contributed by atoms with E-state index in [-0.39, 0.29) is 11.6 Å². The molecule has 110 valence electrons. The molecular weight excluding hydrogens is 347 g/mol. The van der Waals surface area contributed by atoms with E-state index in [4.69, 9.17) is 4.74 Å². The highest BCUT2D eigenvalue weighted by atomic mass is 79.9. The van der Waals surface area contributed by atoms with E-state index in [1.807, 2.05) is 24.3 Å².